The summed E-state index contributed by atoms with van der Waals surface area (Å²) in [6.45, 7) is 5.28. The van der Waals surface area contributed by atoms with Crippen LogP contribution >= 0.6 is 0 Å². The van der Waals surface area contributed by atoms with Crippen LogP contribution in [-0.4, -0.2) is 63.3 Å². The molecule has 8 heteroatoms. The second-order valence-corrected chi connectivity index (χ2v) is 13.7. The van der Waals surface area contributed by atoms with Crippen molar-refractivity contribution in [3.05, 3.63) is 0 Å². The number of halogens is 2. The fourth-order valence-corrected chi connectivity index (χ4v) is 9.88. The number of aliphatic hydroxyl groups excluding tert-OH is 2. The SMILES string of the molecule is CC12CCC3C(C(O)CC4CC(O)C(F)(F)CC43C)C1CCC2CCCC(=O)N1CCCC(C(=O)O)C1. The van der Waals surface area contributed by atoms with Crippen molar-refractivity contribution in [3.63, 3.8) is 0 Å². The number of aliphatic hydroxyl groups is 2. The minimum absolute atomic E-state index is 0.0268. The van der Waals surface area contributed by atoms with Gasteiger partial charge in [-0.1, -0.05) is 13.8 Å². The molecule has 6 nitrogen and oxygen atoms in total. The van der Waals surface area contributed by atoms with Gasteiger partial charge in [0, 0.05) is 25.9 Å². The quantitative estimate of drug-likeness (QED) is 0.483. The van der Waals surface area contributed by atoms with Crippen molar-refractivity contribution < 1.29 is 33.7 Å². The van der Waals surface area contributed by atoms with E-state index in [1.165, 1.54) is 0 Å². The second-order valence-electron chi connectivity index (χ2n) is 13.7. The number of hydrogen-bond donors (Lipinski definition) is 3. The third-order valence-electron chi connectivity index (χ3n) is 12.0. The first-order valence-corrected chi connectivity index (χ1v) is 14.6. The van der Waals surface area contributed by atoms with Crippen molar-refractivity contribution >= 4 is 11.9 Å². The predicted molar refractivity (Wildman–Crippen MR) is 134 cm³/mol. The van der Waals surface area contributed by atoms with Gasteiger partial charge in [0.05, 0.1) is 12.0 Å². The molecule has 4 aliphatic carbocycles. The van der Waals surface area contributed by atoms with Crippen LogP contribution in [-0.2, 0) is 9.59 Å². The number of alkyl halides is 2. The molecule has 0 aromatic rings. The summed E-state index contributed by atoms with van der Waals surface area (Å²) >= 11 is 0. The normalized spacial score (nSPS) is 47.0. The van der Waals surface area contributed by atoms with E-state index in [1.807, 2.05) is 6.92 Å². The van der Waals surface area contributed by atoms with Crippen molar-refractivity contribution in [2.45, 2.75) is 109 Å². The molecule has 0 aromatic heterocycles. The summed E-state index contributed by atoms with van der Waals surface area (Å²) in [4.78, 5) is 25.9. The Balaban J connectivity index is 1.22. The van der Waals surface area contributed by atoms with Gasteiger partial charge in [0.2, 0.25) is 5.91 Å². The molecule has 1 aliphatic heterocycles. The van der Waals surface area contributed by atoms with Crippen LogP contribution in [0.4, 0.5) is 8.78 Å². The highest BCUT2D eigenvalue weighted by Crippen LogP contribution is 2.68. The largest absolute Gasteiger partial charge is 0.481 e. The van der Waals surface area contributed by atoms with Gasteiger partial charge in [-0.25, -0.2) is 8.78 Å². The van der Waals surface area contributed by atoms with Crippen LogP contribution < -0.4 is 0 Å². The molecule has 10 atom stereocenters. The van der Waals surface area contributed by atoms with Gasteiger partial charge in [0.25, 0.3) is 5.92 Å². The number of rotatable bonds is 5. The standard InChI is InChI=1S/C29H45F2NO5/c1-27-11-10-21-25(22(33)13-19-14-23(34)29(30,31)16-28(19,21)2)20(27)9-8-18(27)6-3-7-24(35)32-12-4-5-17(15-32)26(36)37/h17-23,25,33-34H,3-16H2,1-2H3,(H,36,37). The van der Waals surface area contributed by atoms with E-state index in [9.17, 15) is 33.7 Å². The Morgan fingerprint density at radius 2 is 1.73 bits per heavy atom. The van der Waals surface area contributed by atoms with E-state index in [0.29, 0.717) is 44.2 Å². The van der Waals surface area contributed by atoms with Gasteiger partial charge in [-0.05, 0) is 105 Å². The minimum atomic E-state index is -3.07. The van der Waals surface area contributed by atoms with Gasteiger partial charge in [0.1, 0.15) is 6.10 Å². The number of fused-ring (bicyclic) bond motifs is 5. The molecular weight excluding hydrogens is 480 g/mol. The molecule has 10 unspecified atom stereocenters. The lowest BCUT2D eigenvalue weighted by Crippen LogP contribution is -2.61. The zero-order valence-corrected chi connectivity index (χ0v) is 22.4. The van der Waals surface area contributed by atoms with Crippen LogP contribution in [0.5, 0.6) is 0 Å². The number of piperidine rings is 1. The van der Waals surface area contributed by atoms with E-state index in [2.05, 4.69) is 6.92 Å². The van der Waals surface area contributed by atoms with Gasteiger partial charge < -0.3 is 20.2 Å². The van der Waals surface area contributed by atoms with Crippen LogP contribution in [0.15, 0.2) is 0 Å². The fraction of sp³-hybridized carbons (Fsp3) is 0.931. The monoisotopic (exact) mass is 525 g/mol. The number of carbonyl (C=O) groups excluding carboxylic acids is 1. The first-order valence-electron chi connectivity index (χ1n) is 14.6. The van der Waals surface area contributed by atoms with E-state index in [0.717, 1.165) is 44.9 Å². The molecule has 210 valence electrons. The van der Waals surface area contributed by atoms with Gasteiger partial charge in [-0.15, -0.1) is 0 Å². The molecular formula is C29H45F2NO5. The molecule has 5 aliphatic rings. The molecule has 4 saturated carbocycles. The summed E-state index contributed by atoms with van der Waals surface area (Å²) in [5.41, 5.74) is -0.509. The number of carboxylic acid groups (broad SMARTS) is 1. The smallest absolute Gasteiger partial charge is 0.308 e. The molecule has 1 heterocycles. The van der Waals surface area contributed by atoms with Crippen LogP contribution in [0.2, 0.25) is 0 Å². The highest BCUT2D eigenvalue weighted by molar-refractivity contribution is 5.78. The summed E-state index contributed by atoms with van der Waals surface area (Å²) in [6, 6.07) is 0. The summed E-state index contributed by atoms with van der Waals surface area (Å²) in [7, 11) is 0. The van der Waals surface area contributed by atoms with Crippen molar-refractivity contribution in [1.82, 2.24) is 4.90 Å². The summed E-state index contributed by atoms with van der Waals surface area (Å²) in [5, 5.41) is 30.7. The van der Waals surface area contributed by atoms with Crippen molar-refractivity contribution in [1.29, 1.82) is 0 Å². The highest BCUT2D eigenvalue weighted by atomic mass is 19.3. The number of carboxylic acids is 1. The third-order valence-corrected chi connectivity index (χ3v) is 12.0. The van der Waals surface area contributed by atoms with E-state index >= 15 is 0 Å². The zero-order chi connectivity index (χ0) is 26.8. The molecule has 5 fully saturated rings. The molecule has 3 N–H and O–H groups in total. The Bertz CT molecular complexity index is 900. The summed E-state index contributed by atoms with van der Waals surface area (Å²) in [5.74, 6) is -3.53. The number of nitrogens with zero attached hydrogens (tertiary/aromatic N) is 1. The maximum atomic E-state index is 14.7. The van der Waals surface area contributed by atoms with E-state index in [-0.39, 0.29) is 41.9 Å². The van der Waals surface area contributed by atoms with E-state index in [1.54, 1.807) is 4.90 Å². The Labute approximate surface area is 219 Å². The molecule has 1 amide bonds. The lowest BCUT2D eigenvalue weighted by molar-refractivity contribution is -0.235. The van der Waals surface area contributed by atoms with Crippen molar-refractivity contribution in [2.75, 3.05) is 13.1 Å². The minimum Gasteiger partial charge on any atom is -0.481 e. The molecule has 0 aromatic carbocycles. The Morgan fingerprint density at radius 1 is 1.00 bits per heavy atom. The summed E-state index contributed by atoms with van der Waals surface area (Å²) in [6.07, 6.45) is 5.56. The van der Waals surface area contributed by atoms with Crippen molar-refractivity contribution in [3.8, 4) is 0 Å². The average Bonchev–Trinajstić information content (AvgIpc) is 3.17. The first-order chi connectivity index (χ1) is 17.4. The van der Waals surface area contributed by atoms with Gasteiger partial charge in [0.15, 0.2) is 0 Å². The predicted octanol–water partition coefficient (Wildman–Crippen LogP) is 4.72. The Hall–Kier alpha value is -1.28. The second kappa shape index (κ2) is 9.72. The van der Waals surface area contributed by atoms with Crippen LogP contribution in [0, 0.1) is 46.3 Å². The van der Waals surface area contributed by atoms with Gasteiger partial charge in [-0.2, -0.15) is 0 Å². The molecule has 0 spiro atoms. The van der Waals surface area contributed by atoms with Crippen LogP contribution in [0.25, 0.3) is 0 Å². The lowest BCUT2D eigenvalue weighted by Gasteiger charge is -2.63. The van der Waals surface area contributed by atoms with Gasteiger partial charge in [-0.3, -0.25) is 9.59 Å². The molecule has 0 bridgehead atoms. The van der Waals surface area contributed by atoms with Crippen molar-refractivity contribution in [2.24, 2.45) is 46.3 Å². The van der Waals surface area contributed by atoms with E-state index < -0.39 is 35.4 Å². The number of carbonyl (C=O) groups is 2. The van der Waals surface area contributed by atoms with E-state index in [4.69, 9.17) is 0 Å². The number of hydrogen-bond acceptors (Lipinski definition) is 4. The zero-order valence-electron chi connectivity index (χ0n) is 22.4. The third kappa shape index (κ3) is 4.62. The average molecular weight is 526 g/mol. The van der Waals surface area contributed by atoms with Gasteiger partial charge >= 0.3 is 5.97 Å². The van der Waals surface area contributed by atoms with Crippen LogP contribution in [0.3, 0.4) is 0 Å². The molecule has 0 radical (unpaired) electrons. The first kappa shape index (κ1) is 27.3. The summed E-state index contributed by atoms with van der Waals surface area (Å²) < 4.78 is 29.4. The number of amides is 1. The maximum absolute atomic E-state index is 14.7. The number of aliphatic carboxylic acids is 1. The molecule has 5 rings (SSSR count). The molecule has 1 saturated heterocycles. The molecule has 37 heavy (non-hydrogen) atoms. The fourth-order valence-electron chi connectivity index (χ4n) is 9.88. The lowest BCUT2D eigenvalue weighted by atomic mass is 9.43. The highest BCUT2D eigenvalue weighted by Gasteiger charge is 2.65. The topological polar surface area (TPSA) is 98.1 Å². The van der Waals surface area contributed by atoms with Crippen LogP contribution in [0.1, 0.15) is 90.9 Å². The number of likely N-dealkylation sites (tertiary alicyclic amines) is 1. The Kier molecular flexibility index (Phi) is 7.17. The maximum Gasteiger partial charge on any atom is 0.308 e. The Morgan fingerprint density at radius 3 is 2.46 bits per heavy atom.